The Hall–Kier alpha value is -2.95. The van der Waals surface area contributed by atoms with E-state index in [1.807, 2.05) is 24.3 Å². The Morgan fingerprint density at radius 1 is 0.960 bits per heavy atom. The van der Waals surface area contributed by atoms with Crippen LogP contribution in [0.3, 0.4) is 0 Å². The van der Waals surface area contributed by atoms with Gasteiger partial charge in [0.05, 0.1) is 6.20 Å². The molecule has 0 bridgehead atoms. The predicted octanol–water partition coefficient (Wildman–Crippen LogP) is 4.22. The van der Waals surface area contributed by atoms with E-state index in [4.69, 9.17) is 0 Å². The molecule has 25 heavy (non-hydrogen) atoms. The van der Waals surface area contributed by atoms with Crippen molar-refractivity contribution in [3.63, 3.8) is 0 Å². The summed E-state index contributed by atoms with van der Waals surface area (Å²) in [4.78, 5) is 4.49. The van der Waals surface area contributed by atoms with Gasteiger partial charge in [0, 0.05) is 12.2 Å². The summed E-state index contributed by atoms with van der Waals surface area (Å²) in [5.41, 5.74) is 3.65. The van der Waals surface area contributed by atoms with E-state index in [1.54, 1.807) is 6.20 Å². The number of benzene rings is 2. The first kappa shape index (κ1) is 16.9. The number of nitrogens with zero attached hydrogens (tertiary/aromatic N) is 3. The van der Waals surface area contributed by atoms with Gasteiger partial charge in [-0.2, -0.15) is 10.1 Å². The molecule has 5 nitrogen and oxygen atoms in total. The third kappa shape index (κ3) is 5.01. The minimum absolute atomic E-state index is 0.548. The van der Waals surface area contributed by atoms with E-state index in [0.717, 1.165) is 31.5 Å². The number of nitrogens with one attached hydrogen (secondary N) is 2. The summed E-state index contributed by atoms with van der Waals surface area (Å²) in [6.07, 6.45) is 4.65. The molecule has 0 radical (unpaired) electrons. The summed E-state index contributed by atoms with van der Waals surface area (Å²) in [6, 6.07) is 18.7. The van der Waals surface area contributed by atoms with Gasteiger partial charge >= 0.3 is 0 Å². The van der Waals surface area contributed by atoms with E-state index in [9.17, 15) is 0 Å². The fourth-order valence-corrected chi connectivity index (χ4v) is 2.66. The molecule has 5 heteroatoms. The van der Waals surface area contributed by atoms with Crippen LogP contribution in [-0.2, 0) is 12.8 Å². The van der Waals surface area contributed by atoms with Gasteiger partial charge in [-0.25, -0.2) is 0 Å². The lowest BCUT2D eigenvalue weighted by atomic mass is 10.1. The summed E-state index contributed by atoms with van der Waals surface area (Å²) in [5, 5.41) is 14.7. The molecule has 0 fully saturated rings. The number of rotatable bonds is 8. The molecule has 0 atom stereocenters. The van der Waals surface area contributed by atoms with Crippen molar-refractivity contribution in [2.24, 2.45) is 0 Å². The van der Waals surface area contributed by atoms with Crippen molar-refractivity contribution in [1.82, 2.24) is 15.2 Å². The van der Waals surface area contributed by atoms with E-state index in [1.165, 1.54) is 11.1 Å². The van der Waals surface area contributed by atoms with E-state index in [-0.39, 0.29) is 0 Å². The zero-order valence-corrected chi connectivity index (χ0v) is 14.4. The summed E-state index contributed by atoms with van der Waals surface area (Å²) in [7, 11) is 0. The highest BCUT2D eigenvalue weighted by atomic mass is 15.3. The maximum atomic E-state index is 4.49. The number of hydrogen-bond donors (Lipinski definition) is 2. The molecule has 0 spiro atoms. The van der Waals surface area contributed by atoms with E-state index in [0.29, 0.717) is 11.8 Å². The molecule has 3 aromatic rings. The van der Waals surface area contributed by atoms with Gasteiger partial charge in [0.2, 0.25) is 5.95 Å². The van der Waals surface area contributed by atoms with Crippen LogP contribution in [0.4, 0.5) is 17.5 Å². The van der Waals surface area contributed by atoms with Crippen LogP contribution in [0.5, 0.6) is 0 Å². The van der Waals surface area contributed by atoms with Gasteiger partial charge in [0.15, 0.2) is 5.82 Å². The van der Waals surface area contributed by atoms with Crippen LogP contribution >= 0.6 is 0 Å². The van der Waals surface area contributed by atoms with Crippen LogP contribution in [0.2, 0.25) is 0 Å². The number of hydrogen-bond acceptors (Lipinski definition) is 5. The second-order valence-electron chi connectivity index (χ2n) is 5.82. The van der Waals surface area contributed by atoms with Crippen LogP contribution < -0.4 is 10.6 Å². The van der Waals surface area contributed by atoms with E-state index >= 15 is 0 Å². The molecule has 0 saturated carbocycles. The van der Waals surface area contributed by atoms with E-state index in [2.05, 4.69) is 63.1 Å². The Kier molecular flexibility index (Phi) is 5.93. The average molecular weight is 333 g/mol. The minimum atomic E-state index is 0.548. The van der Waals surface area contributed by atoms with Gasteiger partial charge in [-0.15, -0.1) is 5.10 Å². The Morgan fingerprint density at radius 2 is 1.76 bits per heavy atom. The lowest BCUT2D eigenvalue weighted by molar-refractivity contribution is 0.843. The zero-order chi connectivity index (χ0) is 17.3. The highest BCUT2D eigenvalue weighted by Crippen LogP contribution is 2.19. The predicted molar refractivity (Wildman–Crippen MR) is 102 cm³/mol. The molecule has 0 amide bonds. The van der Waals surface area contributed by atoms with Gasteiger partial charge in [-0.3, -0.25) is 0 Å². The van der Waals surface area contributed by atoms with Crippen LogP contribution in [0.1, 0.15) is 24.5 Å². The van der Waals surface area contributed by atoms with Crippen molar-refractivity contribution in [3.8, 4) is 0 Å². The fraction of sp³-hybridized carbons (Fsp3) is 0.250. The van der Waals surface area contributed by atoms with Gasteiger partial charge in [0.25, 0.3) is 0 Å². The molecular weight excluding hydrogens is 310 g/mol. The molecule has 2 N–H and O–H groups in total. The minimum Gasteiger partial charge on any atom is -0.353 e. The normalized spacial score (nSPS) is 10.4. The van der Waals surface area contributed by atoms with Crippen molar-refractivity contribution >= 4 is 17.5 Å². The van der Waals surface area contributed by atoms with Crippen molar-refractivity contribution in [1.29, 1.82) is 0 Å². The average Bonchev–Trinajstić information content (AvgIpc) is 2.67. The topological polar surface area (TPSA) is 62.7 Å². The lowest BCUT2D eigenvalue weighted by Crippen LogP contribution is -2.08. The van der Waals surface area contributed by atoms with Gasteiger partial charge in [-0.1, -0.05) is 55.5 Å². The van der Waals surface area contributed by atoms with Gasteiger partial charge in [0.1, 0.15) is 0 Å². The summed E-state index contributed by atoms with van der Waals surface area (Å²) >= 11 is 0. The number of aryl methyl sites for hydroxylation is 2. The van der Waals surface area contributed by atoms with Gasteiger partial charge in [-0.05, 0) is 36.5 Å². The quantitative estimate of drug-likeness (QED) is 0.604. The highest BCUT2D eigenvalue weighted by Gasteiger charge is 2.04. The Morgan fingerprint density at radius 3 is 2.60 bits per heavy atom. The van der Waals surface area contributed by atoms with Crippen molar-refractivity contribution in [3.05, 3.63) is 71.9 Å². The van der Waals surface area contributed by atoms with Crippen molar-refractivity contribution in [2.45, 2.75) is 26.2 Å². The Bertz CT molecular complexity index is 789. The summed E-state index contributed by atoms with van der Waals surface area (Å²) in [6.45, 7) is 2.95. The molecule has 1 heterocycles. The Balaban J connectivity index is 1.54. The number of para-hydroxylation sites is 1. The zero-order valence-electron chi connectivity index (χ0n) is 14.4. The molecule has 0 saturated heterocycles. The van der Waals surface area contributed by atoms with Crippen LogP contribution in [0.15, 0.2) is 60.8 Å². The SMILES string of the molecule is CCc1ccccc1Nc1cnnc(NCCCc2ccccc2)n1. The third-order valence-electron chi connectivity index (χ3n) is 3.99. The van der Waals surface area contributed by atoms with Crippen LogP contribution in [0, 0.1) is 0 Å². The molecule has 0 aliphatic rings. The molecule has 0 unspecified atom stereocenters. The first-order valence-electron chi connectivity index (χ1n) is 8.67. The molecular formula is C20H23N5. The van der Waals surface area contributed by atoms with Crippen LogP contribution in [0.25, 0.3) is 0 Å². The maximum Gasteiger partial charge on any atom is 0.244 e. The second-order valence-corrected chi connectivity index (χ2v) is 5.82. The monoisotopic (exact) mass is 333 g/mol. The van der Waals surface area contributed by atoms with E-state index < -0.39 is 0 Å². The van der Waals surface area contributed by atoms with Crippen molar-refractivity contribution in [2.75, 3.05) is 17.2 Å². The van der Waals surface area contributed by atoms with Gasteiger partial charge < -0.3 is 10.6 Å². The van der Waals surface area contributed by atoms with Crippen molar-refractivity contribution < 1.29 is 0 Å². The smallest absolute Gasteiger partial charge is 0.244 e. The molecule has 1 aromatic heterocycles. The second kappa shape index (κ2) is 8.78. The maximum absolute atomic E-state index is 4.49. The number of aromatic nitrogens is 3. The lowest BCUT2D eigenvalue weighted by Gasteiger charge is -2.10. The largest absolute Gasteiger partial charge is 0.353 e. The summed E-state index contributed by atoms with van der Waals surface area (Å²) < 4.78 is 0. The van der Waals surface area contributed by atoms with Crippen LogP contribution in [-0.4, -0.2) is 21.7 Å². The molecule has 128 valence electrons. The number of anilines is 3. The molecule has 0 aliphatic carbocycles. The highest BCUT2D eigenvalue weighted by molar-refractivity contribution is 5.60. The molecule has 3 rings (SSSR count). The Labute approximate surface area is 148 Å². The standard InChI is InChI=1S/C20H23N5/c1-2-17-12-6-7-13-18(17)23-19-15-22-25-20(24-19)21-14-8-11-16-9-4-3-5-10-16/h3-7,9-10,12-13,15H,2,8,11,14H2,1H3,(H2,21,23,24,25). The third-order valence-corrected chi connectivity index (χ3v) is 3.99. The fourth-order valence-electron chi connectivity index (χ4n) is 2.66. The first-order valence-corrected chi connectivity index (χ1v) is 8.67. The molecule has 2 aromatic carbocycles. The molecule has 0 aliphatic heterocycles. The first-order chi connectivity index (χ1) is 12.3. The summed E-state index contributed by atoms with van der Waals surface area (Å²) in [5.74, 6) is 1.24.